The molecule has 6 nitrogen and oxygen atoms in total. The van der Waals surface area contributed by atoms with Crippen molar-refractivity contribution in [3.05, 3.63) is 84.3 Å². The molecular formula is C27H34FN3O3. The first-order valence-corrected chi connectivity index (χ1v) is 11.7. The molecule has 7 heteroatoms. The van der Waals surface area contributed by atoms with Gasteiger partial charge in [-0.15, -0.1) is 6.58 Å². The third kappa shape index (κ3) is 6.76. The molecule has 1 N–H and O–H groups in total. The summed E-state index contributed by atoms with van der Waals surface area (Å²) in [5.41, 5.74) is 2.55. The van der Waals surface area contributed by atoms with E-state index in [0.717, 1.165) is 23.4 Å². The van der Waals surface area contributed by atoms with Crippen LogP contribution in [-0.2, 0) is 17.7 Å². The van der Waals surface area contributed by atoms with Crippen LogP contribution in [0.25, 0.3) is 5.69 Å². The number of methoxy groups -OCH3 is 1. The number of halogens is 1. The molecule has 0 spiro atoms. The fourth-order valence-corrected chi connectivity index (χ4v) is 3.78. The van der Waals surface area contributed by atoms with Gasteiger partial charge in [-0.2, -0.15) is 5.10 Å². The largest absolute Gasteiger partial charge is 0.435 e. The summed E-state index contributed by atoms with van der Waals surface area (Å²) < 4.78 is 27.7. The Morgan fingerprint density at radius 1 is 1.18 bits per heavy atom. The zero-order valence-electron chi connectivity index (χ0n) is 20.0. The van der Waals surface area contributed by atoms with Gasteiger partial charge in [0.15, 0.2) is 11.6 Å². The second-order valence-corrected chi connectivity index (χ2v) is 8.11. The van der Waals surface area contributed by atoms with Crippen LogP contribution >= 0.6 is 0 Å². The summed E-state index contributed by atoms with van der Waals surface area (Å²) in [5, 5.41) is 15.4. The highest BCUT2D eigenvalue weighted by atomic mass is 19.1. The van der Waals surface area contributed by atoms with Gasteiger partial charge in [-0.1, -0.05) is 43.3 Å². The molecule has 1 atom stereocenters. The first-order chi connectivity index (χ1) is 16.6. The van der Waals surface area contributed by atoms with E-state index in [1.165, 1.54) is 6.07 Å². The minimum atomic E-state index is -0.500. The lowest BCUT2D eigenvalue weighted by atomic mass is 10.1. The van der Waals surface area contributed by atoms with E-state index in [9.17, 15) is 9.50 Å². The highest BCUT2D eigenvalue weighted by Gasteiger charge is 2.24. The number of nitrogens with zero attached hydrogens (tertiary/aromatic N) is 3. The third-order valence-electron chi connectivity index (χ3n) is 5.56. The fraction of sp³-hybridized carbons (Fsp3) is 0.370. The third-order valence-corrected chi connectivity index (χ3v) is 5.56. The van der Waals surface area contributed by atoms with Crippen LogP contribution in [0.1, 0.15) is 31.0 Å². The van der Waals surface area contributed by atoms with E-state index in [0.29, 0.717) is 45.0 Å². The van der Waals surface area contributed by atoms with Crippen LogP contribution in [0.5, 0.6) is 11.6 Å². The maximum atomic E-state index is 14.5. The Labute approximate surface area is 201 Å². The first-order valence-electron chi connectivity index (χ1n) is 11.7. The number of para-hydroxylation sites is 2. The van der Waals surface area contributed by atoms with Crippen LogP contribution in [0.15, 0.2) is 67.3 Å². The number of rotatable bonds is 14. The van der Waals surface area contributed by atoms with Crippen LogP contribution in [0.2, 0.25) is 0 Å². The van der Waals surface area contributed by atoms with Crippen molar-refractivity contribution in [2.75, 3.05) is 26.8 Å². The van der Waals surface area contributed by atoms with Crippen LogP contribution in [0, 0.1) is 5.82 Å². The monoisotopic (exact) mass is 467 g/mol. The molecule has 0 aliphatic carbocycles. The predicted molar refractivity (Wildman–Crippen MR) is 132 cm³/mol. The molecular weight excluding hydrogens is 433 g/mol. The Bertz CT molecular complexity index is 1040. The summed E-state index contributed by atoms with van der Waals surface area (Å²) in [6.07, 6.45) is 3.37. The second-order valence-electron chi connectivity index (χ2n) is 8.11. The summed E-state index contributed by atoms with van der Waals surface area (Å²) >= 11 is 0. The van der Waals surface area contributed by atoms with E-state index >= 15 is 0 Å². The number of ether oxygens (including phenoxy) is 2. The van der Waals surface area contributed by atoms with Crippen molar-refractivity contribution in [3.63, 3.8) is 0 Å². The van der Waals surface area contributed by atoms with Gasteiger partial charge in [0.25, 0.3) is 0 Å². The first kappa shape index (κ1) is 25.6. The lowest BCUT2D eigenvalue weighted by Crippen LogP contribution is -2.34. The Balaban J connectivity index is 2.01. The van der Waals surface area contributed by atoms with Gasteiger partial charge in [0.1, 0.15) is 0 Å². The average molecular weight is 468 g/mol. The smallest absolute Gasteiger partial charge is 0.227 e. The number of benzene rings is 2. The van der Waals surface area contributed by atoms with Crippen LogP contribution in [0.4, 0.5) is 4.39 Å². The number of hydrogen-bond donors (Lipinski definition) is 1. The van der Waals surface area contributed by atoms with Crippen molar-refractivity contribution in [1.29, 1.82) is 0 Å². The lowest BCUT2D eigenvalue weighted by Gasteiger charge is -2.25. The molecule has 0 fully saturated rings. The normalized spacial score (nSPS) is 12.1. The molecule has 0 radical (unpaired) electrons. The Kier molecular flexibility index (Phi) is 9.82. The number of hydrogen-bond acceptors (Lipinski definition) is 5. The van der Waals surface area contributed by atoms with E-state index in [4.69, 9.17) is 14.6 Å². The van der Waals surface area contributed by atoms with Gasteiger partial charge >= 0.3 is 0 Å². The highest BCUT2D eigenvalue weighted by Crippen LogP contribution is 2.33. The zero-order chi connectivity index (χ0) is 24.3. The predicted octanol–water partition coefficient (Wildman–Crippen LogP) is 5.14. The van der Waals surface area contributed by atoms with E-state index in [2.05, 4.69) is 11.5 Å². The average Bonchev–Trinajstić information content (AvgIpc) is 3.20. The van der Waals surface area contributed by atoms with Crippen LogP contribution < -0.4 is 4.74 Å². The zero-order valence-corrected chi connectivity index (χ0v) is 20.0. The molecule has 0 saturated carbocycles. The van der Waals surface area contributed by atoms with Gasteiger partial charge in [-0.05, 0) is 43.5 Å². The summed E-state index contributed by atoms with van der Waals surface area (Å²) in [4.78, 5) is 2.12. The van der Waals surface area contributed by atoms with E-state index < -0.39 is 11.9 Å². The molecule has 0 unspecified atom stereocenters. The molecule has 34 heavy (non-hydrogen) atoms. The van der Waals surface area contributed by atoms with Crippen molar-refractivity contribution < 1.29 is 19.0 Å². The highest BCUT2D eigenvalue weighted by molar-refractivity contribution is 5.44. The van der Waals surface area contributed by atoms with Crippen molar-refractivity contribution >= 4 is 0 Å². The quantitative estimate of drug-likeness (QED) is 0.333. The number of aliphatic hydroxyl groups is 1. The summed E-state index contributed by atoms with van der Waals surface area (Å²) in [6, 6.07) is 16.0. The molecule has 2 aromatic carbocycles. The maximum absolute atomic E-state index is 14.5. The number of aromatic nitrogens is 2. The minimum Gasteiger partial charge on any atom is -0.435 e. The minimum absolute atomic E-state index is 0.137. The second kappa shape index (κ2) is 13.0. The summed E-state index contributed by atoms with van der Waals surface area (Å²) in [6.45, 7) is 7.87. The number of allylic oxidation sites excluding steroid dienone is 1. The van der Waals surface area contributed by atoms with Crippen LogP contribution in [-0.4, -0.2) is 52.7 Å². The maximum Gasteiger partial charge on any atom is 0.227 e. The van der Waals surface area contributed by atoms with Crippen LogP contribution in [0.3, 0.4) is 0 Å². The fourth-order valence-electron chi connectivity index (χ4n) is 3.78. The molecule has 1 heterocycles. The number of aliphatic hydroxyl groups excluding tert-OH is 1. The molecule has 0 aliphatic heterocycles. The van der Waals surface area contributed by atoms with E-state index in [1.54, 1.807) is 30.0 Å². The van der Waals surface area contributed by atoms with Gasteiger partial charge in [0.2, 0.25) is 5.88 Å². The lowest BCUT2D eigenvalue weighted by molar-refractivity contribution is 0.0804. The Hall–Kier alpha value is -3.00. The van der Waals surface area contributed by atoms with Crippen molar-refractivity contribution in [2.45, 2.75) is 38.8 Å². The van der Waals surface area contributed by atoms with Crippen molar-refractivity contribution in [3.8, 4) is 17.3 Å². The van der Waals surface area contributed by atoms with Crippen molar-refractivity contribution in [1.82, 2.24) is 14.7 Å². The SMILES string of the molecule is C=CCC[C@H](O)CN(CCOC)Cc1c(CC)nn(-c2ccccc2)c1Oc1ccccc1F. The van der Waals surface area contributed by atoms with Gasteiger partial charge in [-0.25, -0.2) is 9.07 Å². The molecule has 0 aliphatic rings. The molecule has 182 valence electrons. The van der Waals surface area contributed by atoms with Gasteiger partial charge in [0, 0.05) is 26.7 Å². The van der Waals surface area contributed by atoms with Crippen molar-refractivity contribution in [2.24, 2.45) is 0 Å². The summed E-state index contributed by atoms with van der Waals surface area (Å²) in [7, 11) is 1.66. The molecule has 3 rings (SSSR count). The standard InChI is InChI=1S/C27H34FN3O3/c1-4-6-14-22(32)19-30(17-18-33-3)20-23-25(5-2)29-31(21-12-8-7-9-13-21)27(23)34-26-16-11-10-15-24(26)28/h4,7-13,15-16,22,32H,1,5-6,14,17-20H2,2-3H3/t22-/m0/s1. The molecule has 3 aromatic rings. The Morgan fingerprint density at radius 2 is 1.91 bits per heavy atom. The topological polar surface area (TPSA) is 59.8 Å². The van der Waals surface area contributed by atoms with Gasteiger partial charge in [-0.3, -0.25) is 4.90 Å². The van der Waals surface area contributed by atoms with E-state index in [-0.39, 0.29) is 5.75 Å². The molecule has 0 amide bonds. The van der Waals surface area contributed by atoms with E-state index in [1.807, 2.05) is 43.3 Å². The van der Waals surface area contributed by atoms with Gasteiger partial charge < -0.3 is 14.6 Å². The molecule has 0 saturated heterocycles. The molecule has 0 bridgehead atoms. The number of aryl methyl sites for hydroxylation is 1. The summed E-state index contributed by atoms with van der Waals surface area (Å²) in [5.74, 6) is 0.164. The van der Waals surface area contributed by atoms with Gasteiger partial charge in [0.05, 0.1) is 29.7 Å². The molecule has 1 aromatic heterocycles. The Morgan fingerprint density at radius 3 is 2.59 bits per heavy atom.